The van der Waals surface area contributed by atoms with Crippen LogP contribution >= 0.6 is 0 Å². The van der Waals surface area contributed by atoms with E-state index in [4.69, 9.17) is 4.99 Å². The molecule has 0 spiro atoms. The van der Waals surface area contributed by atoms with Gasteiger partial charge in [0.05, 0.1) is 11.0 Å². The fraction of sp³-hybridized carbons (Fsp3) is 0.0250. The number of fused-ring (bicyclic) bond motifs is 3. The molecule has 0 saturated carbocycles. The third-order valence-corrected chi connectivity index (χ3v) is 8.31. The van der Waals surface area contributed by atoms with E-state index in [1.165, 1.54) is 44.2 Å². The maximum absolute atomic E-state index is 4.92. The van der Waals surface area contributed by atoms with E-state index in [2.05, 4.69) is 168 Å². The van der Waals surface area contributed by atoms with Gasteiger partial charge in [-0.05, 0) is 63.2 Å². The van der Waals surface area contributed by atoms with Crippen LogP contribution in [0.15, 0.2) is 163 Å². The Morgan fingerprint density at radius 1 is 0.442 bits per heavy atom. The Morgan fingerprint density at radius 2 is 0.977 bits per heavy atom. The number of benzene rings is 6. The molecular weight excluding hydrogens is 522 g/mol. The summed E-state index contributed by atoms with van der Waals surface area (Å²) in [6.45, 7) is 0. The summed E-state index contributed by atoms with van der Waals surface area (Å²) in [5.74, 6) is 0. The van der Waals surface area contributed by atoms with E-state index in [1.807, 2.05) is 6.21 Å². The summed E-state index contributed by atoms with van der Waals surface area (Å²) in [4.78, 5) is 4.92. The zero-order chi connectivity index (χ0) is 28.6. The molecule has 0 aliphatic carbocycles. The van der Waals surface area contributed by atoms with Gasteiger partial charge in [-0.2, -0.15) is 0 Å². The number of nitrogens with one attached hydrogen (secondary N) is 1. The van der Waals surface area contributed by atoms with Gasteiger partial charge in [0, 0.05) is 22.7 Å². The van der Waals surface area contributed by atoms with E-state index in [0.29, 0.717) is 0 Å². The molecule has 0 fully saturated rings. The predicted molar refractivity (Wildman–Crippen MR) is 181 cm³/mol. The highest BCUT2D eigenvalue weighted by molar-refractivity contribution is 6.09. The van der Waals surface area contributed by atoms with E-state index >= 15 is 0 Å². The van der Waals surface area contributed by atoms with Crippen LogP contribution in [0, 0.1) is 0 Å². The molecule has 43 heavy (non-hydrogen) atoms. The van der Waals surface area contributed by atoms with Crippen LogP contribution in [0.3, 0.4) is 0 Å². The lowest BCUT2D eigenvalue weighted by Gasteiger charge is -2.24. The normalized spacial score (nSPS) is 14.5. The zero-order valence-corrected chi connectivity index (χ0v) is 23.6. The highest BCUT2D eigenvalue weighted by Crippen LogP contribution is 2.36. The second-order valence-corrected chi connectivity index (χ2v) is 10.9. The molecule has 0 saturated heterocycles. The van der Waals surface area contributed by atoms with Gasteiger partial charge in [0.15, 0.2) is 0 Å². The van der Waals surface area contributed by atoms with Crippen molar-refractivity contribution in [1.82, 2.24) is 9.88 Å². The number of rotatable bonds is 5. The number of aliphatic imine (C=N–C) groups is 1. The molecule has 7 aromatic rings. The third-order valence-electron chi connectivity index (χ3n) is 8.31. The highest BCUT2D eigenvalue weighted by Gasteiger charge is 2.21. The number of allylic oxidation sites excluding steroid dienone is 1. The fourth-order valence-corrected chi connectivity index (χ4v) is 6.16. The van der Waals surface area contributed by atoms with E-state index < -0.39 is 0 Å². The van der Waals surface area contributed by atoms with Crippen molar-refractivity contribution in [2.75, 3.05) is 0 Å². The third kappa shape index (κ3) is 4.61. The molecule has 1 aromatic heterocycles. The van der Waals surface area contributed by atoms with Crippen LogP contribution in [0.25, 0.3) is 60.9 Å². The number of aromatic nitrogens is 1. The summed E-state index contributed by atoms with van der Waals surface area (Å²) in [6, 6.07) is 53.9. The van der Waals surface area contributed by atoms with Crippen LogP contribution < -0.4 is 5.32 Å². The first kappa shape index (κ1) is 25.1. The van der Waals surface area contributed by atoms with E-state index in [0.717, 1.165) is 22.3 Å². The summed E-state index contributed by atoms with van der Waals surface area (Å²) in [5.41, 5.74) is 11.7. The van der Waals surface area contributed by atoms with Crippen molar-refractivity contribution in [3.8, 4) is 33.4 Å². The summed E-state index contributed by atoms with van der Waals surface area (Å²) in [6.07, 6.45) is 3.72. The lowest BCUT2D eigenvalue weighted by Crippen LogP contribution is -2.26. The maximum Gasteiger partial charge on any atom is 0.200 e. The molecular formula is C40H29N3. The van der Waals surface area contributed by atoms with Gasteiger partial charge >= 0.3 is 0 Å². The molecule has 1 unspecified atom stereocenters. The second kappa shape index (κ2) is 10.6. The van der Waals surface area contributed by atoms with Crippen molar-refractivity contribution in [2.24, 2.45) is 4.99 Å². The summed E-state index contributed by atoms with van der Waals surface area (Å²) in [7, 11) is 0. The van der Waals surface area contributed by atoms with E-state index in [-0.39, 0.29) is 6.29 Å². The number of hydrogen-bond acceptors (Lipinski definition) is 2. The molecule has 0 amide bonds. The van der Waals surface area contributed by atoms with Crippen molar-refractivity contribution in [3.05, 3.63) is 163 Å². The zero-order valence-electron chi connectivity index (χ0n) is 23.6. The molecule has 0 radical (unpaired) electrons. The molecule has 2 heterocycles. The number of nitrogens with zero attached hydrogens (tertiary/aromatic N) is 2. The van der Waals surface area contributed by atoms with Gasteiger partial charge in [0.2, 0.25) is 6.29 Å². The fourth-order valence-electron chi connectivity index (χ4n) is 6.16. The first-order valence-corrected chi connectivity index (χ1v) is 14.7. The molecule has 6 aromatic carbocycles. The van der Waals surface area contributed by atoms with Gasteiger partial charge in [-0.25, -0.2) is 4.99 Å². The van der Waals surface area contributed by atoms with Gasteiger partial charge in [-0.3, -0.25) is 0 Å². The summed E-state index contributed by atoms with van der Waals surface area (Å²) < 4.78 is 2.33. The Morgan fingerprint density at radius 3 is 1.74 bits per heavy atom. The summed E-state index contributed by atoms with van der Waals surface area (Å²) >= 11 is 0. The van der Waals surface area contributed by atoms with Crippen molar-refractivity contribution < 1.29 is 0 Å². The first-order chi connectivity index (χ1) is 21.3. The molecule has 8 rings (SSSR count). The van der Waals surface area contributed by atoms with Crippen LogP contribution in [-0.4, -0.2) is 10.8 Å². The van der Waals surface area contributed by atoms with Crippen molar-refractivity contribution in [3.63, 3.8) is 0 Å². The average Bonchev–Trinajstić information content (AvgIpc) is 3.43. The Bertz CT molecular complexity index is 2140. The minimum atomic E-state index is -0.276. The smallest absolute Gasteiger partial charge is 0.200 e. The van der Waals surface area contributed by atoms with Crippen LogP contribution in [0.5, 0.6) is 0 Å². The molecule has 204 valence electrons. The minimum Gasteiger partial charge on any atom is -0.346 e. The SMILES string of the molecule is C1=NC(n2c3ccccc3c3ccc(-c4ccccc4)cc32)NC(c2cccc(-c3ccc(-c4ccccc4)cc3)c2)=C1. The monoisotopic (exact) mass is 551 g/mol. The van der Waals surface area contributed by atoms with Crippen molar-refractivity contribution in [2.45, 2.75) is 6.29 Å². The van der Waals surface area contributed by atoms with Gasteiger partial charge < -0.3 is 9.88 Å². The van der Waals surface area contributed by atoms with Crippen molar-refractivity contribution >= 4 is 33.7 Å². The van der Waals surface area contributed by atoms with E-state index in [1.54, 1.807) is 0 Å². The Hall–Kier alpha value is -5.67. The molecule has 0 bridgehead atoms. The highest BCUT2D eigenvalue weighted by atomic mass is 15.3. The second-order valence-electron chi connectivity index (χ2n) is 10.9. The van der Waals surface area contributed by atoms with Gasteiger partial charge in [0.1, 0.15) is 0 Å². The summed E-state index contributed by atoms with van der Waals surface area (Å²) in [5, 5.41) is 6.21. The molecule has 1 aliphatic rings. The van der Waals surface area contributed by atoms with Crippen LogP contribution in [-0.2, 0) is 0 Å². The van der Waals surface area contributed by atoms with E-state index in [9.17, 15) is 0 Å². The Kier molecular flexibility index (Phi) is 6.20. The van der Waals surface area contributed by atoms with Crippen LogP contribution in [0.4, 0.5) is 0 Å². The van der Waals surface area contributed by atoms with Gasteiger partial charge in [-0.15, -0.1) is 0 Å². The Balaban J connectivity index is 1.14. The van der Waals surface area contributed by atoms with Gasteiger partial charge in [0.25, 0.3) is 0 Å². The van der Waals surface area contributed by atoms with Gasteiger partial charge in [-0.1, -0.05) is 133 Å². The standard InChI is InChI=1S/C40H29N3/c1-3-10-28(11-4-1)30-18-20-31(21-19-30)32-14-9-15-34(26-32)37-24-25-41-40(42-37)43-38-17-8-7-16-35(38)36-23-22-33(27-39(36)43)29-12-5-2-6-13-29/h1-27,40,42H. The lowest BCUT2D eigenvalue weighted by atomic mass is 9.98. The minimum absolute atomic E-state index is 0.276. The lowest BCUT2D eigenvalue weighted by molar-refractivity contribution is 0.510. The topological polar surface area (TPSA) is 29.3 Å². The first-order valence-electron chi connectivity index (χ1n) is 14.7. The quantitative estimate of drug-likeness (QED) is 0.227. The molecule has 1 N–H and O–H groups in total. The van der Waals surface area contributed by atoms with Crippen molar-refractivity contribution in [1.29, 1.82) is 0 Å². The number of hydrogen-bond donors (Lipinski definition) is 1. The molecule has 1 atom stereocenters. The van der Waals surface area contributed by atoms with Crippen LogP contribution in [0.2, 0.25) is 0 Å². The Labute approximate surface area is 251 Å². The molecule has 1 aliphatic heterocycles. The number of para-hydroxylation sites is 1. The maximum atomic E-state index is 4.92. The molecule has 3 nitrogen and oxygen atoms in total. The van der Waals surface area contributed by atoms with Crippen LogP contribution in [0.1, 0.15) is 11.9 Å². The molecule has 3 heteroatoms. The average molecular weight is 552 g/mol. The largest absolute Gasteiger partial charge is 0.346 e. The predicted octanol–water partition coefficient (Wildman–Crippen LogP) is 9.97.